The Morgan fingerprint density at radius 1 is 0.333 bits per heavy atom. The zero-order valence-electron chi connectivity index (χ0n) is 10.8. The van der Waals surface area contributed by atoms with Gasteiger partial charge in [0, 0.05) is 11.1 Å². The zero-order valence-corrected chi connectivity index (χ0v) is 16.9. The Hall–Kier alpha value is 0.1000. The molecular weight excluding hydrogens is 484 g/mol. The summed E-state index contributed by atoms with van der Waals surface area (Å²) in [6.45, 7) is 0. The van der Waals surface area contributed by atoms with E-state index in [0.29, 0.717) is 0 Å². The van der Waals surface area contributed by atoms with Gasteiger partial charge in [-0.25, -0.2) is 0 Å². The number of rotatable bonds is 0. The number of fused-ring (bicyclic) bond motifs is 3. The summed E-state index contributed by atoms with van der Waals surface area (Å²) in [5, 5.41) is -1.18. The van der Waals surface area contributed by atoms with Crippen molar-refractivity contribution < 1.29 is 9.59 Å². The van der Waals surface area contributed by atoms with Crippen LogP contribution in [0.2, 0.25) is 40.2 Å². The van der Waals surface area contributed by atoms with E-state index in [1.807, 2.05) is 0 Å². The van der Waals surface area contributed by atoms with Crippen molar-refractivity contribution in [3.63, 3.8) is 0 Å². The van der Waals surface area contributed by atoms with Crippen LogP contribution in [0.25, 0.3) is 11.1 Å². The summed E-state index contributed by atoms with van der Waals surface area (Å²) in [7, 11) is 0. The van der Waals surface area contributed by atoms with Crippen LogP contribution in [0.1, 0.15) is 20.7 Å². The first-order valence-corrected chi connectivity index (χ1v) is 8.94. The Labute approximate surface area is 175 Å². The Balaban J connectivity index is 2.65. The van der Waals surface area contributed by atoms with Crippen LogP contribution in [-0.4, -0.2) is 11.6 Å². The second-order valence-electron chi connectivity index (χ2n) is 4.67. The molecule has 0 heterocycles. The molecule has 0 atom stereocenters. The van der Waals surface area contributed by atoms with Crippen LogP contribution in [0, 0.1) is 0 Å². The molecule has 0 spiro atoms. The molecule has 24 heavy (non-hydrogen) atoms. The zero-order chi connectivity index (χ0) is 18.1. The smallest absolute Gasteiger partial charge is 0.235 e. The van der Waals surface area contributed by atoms with Gasteiger partial charge in [0.25, 0.3) is 0 Å². The van der Waals surface area contributed by atoms with E-state index in [9.17, 15) is 9.59 Å². The average molecular weight is 484 g/mol. The van der Waals surface area contributed by atoms with E-state index >= 15 is 0 Å². The van der Waals surface area contributed by atoms with Gasteiger partial charge >= 0.3 is 0 Å². The van der Waals surface area contributed by atoms with Gasteiger partial charge in [0.1, 0.15) is 0 Å². The standard InChI is InChI=1S/C14Cl8O2/c15-5-1-2-4(8(18)12(22)10(20)6(2)16)14(24)13(23)3(1)7(17)11(21)9(5)19. The molecule has 0 unspecified atom stereocenters. The molecule has 0 bridgehead atoms. The third-order valence-electron chi connectivity index (χ3n) is 3.44. The van der Waals surface area contributed by atoms with Crippen LogP contribution in [0.4, 0.5) is 0 Å². The Bertz CT molecular complexity index is 901. The maximum Gasteiger partial charge on any atom is 0.235 e. The van der Waals surface area contributed by atoms with Gasteiger partial charge in [0.2, 0.25) is 11.6 Å². The number of Topliss-reactive ketones (excluding diaryl/α,β-unsaturated/α-hetero) is 2. The largest absolute Gasteiger partial charge is 0.285 e. The molecule has 2 aromatic rings. The second-order valence-corrected chi connectivity index (χ2v) is 7.69. The Kier molecular flexibility index (Phi) is 5.01. The fraction of sp³-hybridized carbons (Fsp3) is 0. The highest BCUT2D eigenvalue weighted by atomic mass is 35.5. The highest BCUT2D eigenvalue weighted by Gasteiger charge is 2.40. The fourth-order valence-corrected chi connectivity index (χ4v) is 4.45. The van der Waals surface area contributed by atoms with Gasteiger partial charge in [-0.1, -0.05) is 92.8 Å². The number of hydrogen-bond donors (Lipinski definition) is 0. The predicted molar refractivity (Wildman–Crippen MR) is 101 cm³/mol. The normalized spacial score (nSPS) is 13.2. The summed E-state index contributed by atoms with van der Waals surface area (Å²) in [6, 6.07) is 0. The van der Waals surface area contributed by atoms with Gasteiger partial charge in [-0.05, 0) is 0 Å². The maximum atomic E-state index is 12.5. The lowest BCUT2D eigenvalue weighted by Crippen LogP contribution is -2.23. The van der Waals surface area contributed by atoms with Crippen LogP contribution in [0.15, 0.2) is 0 Å². The Morgan fingerprint density at radius 3 is 0.792 bits per heavy atom. The van der Waals surface area contributed by atoms with Crippen LogP contribution >= 0.6 is 92.8 Å². The molecule has 2 nitrogen and oxygen atoms in total. The number of hydrogen-bond acceptors (Lipinski definition) is 2. The van der Waals surface area contributed by atoms with Crippen molar-refractivity contribution in [2.75, 3.05) is 0 Å². The van der Waals surface area contributed by atoms with Gasteiger partial charge in [-0.3, -0.25) is 9.59 Å². The van der Waals surface area contributed by atoms with E-state index in [1.165, 1.54) is 0 Å². The highest BCUT2D eigenvalue weighted by Crippen LogP contribution is 2.54. The maximum absolute atomic E-state index is 12.5. The summed E-state index contributed by atoms with van der Waals surface area (Å²) < 4.78 is 0. The summed E-state index contributed by atoms with van der Waals surface area (Å²) in [5.41, 5.74) is -0.378. The molecule has 2 aromatic carbocycles. The first-order valence-electron chi connectivity index (χ1n) is 5.92. The average Bonchev–Trinajstić information content (AvgIpc) is 2.56. The van der Waals surface area contributed by atoms with Crippen molar-refractivity contribution in [1.82, 2.24) is 0 Å². The topological polar surface area (TPSA) is 34.1 Å². The van der Waals surface area contributed by atoms with Gasteiger partial charge in [-0.15, -0.1) is 0 Å². The number of carbonyl (C=O) groups excluding carboxylic acids is 2. The van der Waals surface area contributed by atoms with E-state index in [4.69, 9.17) is 92.8 Å². The molecule has 0 N–H and O–H groups in total. The summed E-state index contributed by atoms with van der Waals surface area (Å²) in [5.74, 6) is -1.92. The van der Waals surface area contributed by atoms with Crippen molar-refractivity contribution >= 4 is 104 Å². The Morgan fingerprint density at radius 2 is 0.542 bits per heavy atom. The molecule has 0 fully saturated rings. The van der Waals surface area contributed by atoms with Crippen LogP contribution in [0.3, 0.4) is 0 Å². The van der Waals surface area contributed by atoms with Gasteiger partial charge in [0.05, 0.1) is 51.3 Å². The van der Waals surface area contributed by atoms with Crippen molar-refractivity contribution in [1.29, 1.82) is 0 Å². The third kappa shape index (κ3) is 2.39. The number of halogens is 8. The lowest BCUT2D eigenvalue weighted by atomic mass is 9.83. The molecule has 3 rings (SSSR count). The number of carbonyl (C=O) groups is 2. The molecule has 0 aliphatic heterocycles. The predicted octanol–water partition coefficient (Wildman–Crippen LogP) is 7.96. The van der Waals surface area contributed by atoms with E-state index in [1.54, 1.807) is 0 Å². The highest BCUT2D eigenvalue weighted by molar-refractivity contribution is 6.64. The monoisotopic (exact) mass is 480 g/mol. The molecule has 0 amide bonds. The molecular formula is C14Cl8O2. The lowest BCUT2D eigenvalue weighted by molar-refractivity contribution is 0.0815. The lowest BCUT2D eigenvalue weighted by Gasteiger charge is -2.24. The molecule has 0 radical (unpaired) electrons. The minimum Gasteiger partial charge on any atom is -0.285 e. The van der Waals surface area contributed by atoms with E-state index < -0.39 is 11.6 Å². The molecule has 1 aliphatic rings. The minimum absolute atomic E-state index is 0.0288. The third-order valence-corrected chi connectivity index (χ3v) is 7.05. The minimum atomic E-state index is -0.959. The second kappa shape index (κ2) is 6.37. The summed E-state index contributed by atoms with van der Waals surface area (Å²) in [4.78, 5) is 25.0. The molecule has 1 aliphatic carbocycles. The SMILES string of the molecule is O=C1C(=O)c2c(Cl)c(Cl)c(Cl)c(Cl)c2-c2c(Cl)c(Cl)c(Cl)c(Cl)c21. The molecule has 0 aromatic heterocycles. The van der Waals surface area contributed by atoms with E-state index in [2.05, 4.69) is 0 Å². The fourth-order valence-electron chi connectivity index (χ4n) is 2.39. The first-order chi connectivity index (χ1) is 11.1. The van der Waals surface area contributed by atoms with Crippen LogP contribution in [0.5, 0.6) is 0 Å². The van der Waals surface area contributed by atoms with Crippen molar-refractivity contribution in [2.45, 2.75) is 0 Å². The van der Waals surface area contributed by atoms with Crippen molar-refractivity contribution in [2.24, 2.45) is 0 Å². The molecule has 10 heteroatoms. The number of benzene rings is 2. The summed E-state index contributed by atoms with van der Waals surface area (Å²) in [6.07, 6.45) is 0. The van der Waals surface area contributed by atoms with E-state index in [0.717, 1.165) is 0 Å². The molecule has 0 saturated heterocycles. The van der Waals surface area contributed by atoms with Gasteiger partial charge in [-0.2, -0.15) is 0 Å². The quantitative estimate of drug-likeness (QED) is 0.216. The summed E-state index contributed by atoms with van der Waals surface area (Å²) >= 11 is 48.7. The van der Waals surface area contributed by atoms with Gasteiger partial charge < -0.3 is 0 Å². The number of ketones is 2. The molecule has 124 valence electrons. The van der Waals surface area contributed by atoms with Crippen LogP contribution < -0.4 is 0 Å². The molecule has 0 saturated carbocycles. The van der Waals surface area contributed by atoms with Crippen molar-refractivity contribution in [3.05, 3.63) is 51.3 Å². The van der Waals surface area contributed by atoms with Crippen molar-refractivity contribution in [3.8, 4) is 11.1 Å². The van der Waals surface area contributed by atoms with Gasteiger partial charge in [0.15, 0.2) is 0 Å². The first kappa shape index (κ1) is 18.9. The van der Waals surface area contributed by atoms with E-state index in [-0.39, 0.29) is 62.4 Å². The van der Waals surface area contributed by atoms with Crippen LogP contribution in [-0.2, 0) is 0 Å².